The van der Waals surface area contributed by atoms with E-state index in [1.165, 1.54) is 29.8 Å². The molecule has 6 heteroatoms. The van der Waals surface area contributed by atoms with Crippen LogP contribution in [0.15, 0.2) is 60.7 Å². The first kappa shape index (κ1) is 17.3. The minimum absolute atomic E-state index is 0.0363. The third-order valence-corrected chi connectivity index (χ3v) is 6.80. The van der Waals surface area contributed by atoms with E-state index in [9.17, 15) is 13.2 Å². The average Bonchev–Trinajstić information content (AvgIpc) is 2.40. The molecule has 0 aromatic heterocycles. The van der Waals surface area contributed by atoms with E-state index in [0.29, 0.717) is 0 Å². The standard InChI is InChI=1S/C7H6Cl2F3P.C7H8/c8-13(9,7(10,11)12)6-4-2-1-3-5-6;1-7-5-3-2-4-6-7/h1-5,13H;2-6H,1H3. The SMILES string of the molecule is Cc1ccccc1.FC(F)(F)[PH](Cl)(Cl)c1ccccc1. The first-order valence-corrected chi connectivity index (χ1v) is 9.79. The number of halogens is 5. The Labute approximate surface area is 126 Å². The Hall–Kier alpha value is -0.760. The molecule has 0 atom stereocenters. The molecule has 110 valence electrons. The van der Waals surface area contributed by atoms with Crippen LogP contribution in [0.2, 0.25) is 0 Å². The first-order valence-electron chi connectivity index (χ1n) is 5.77. The van der Waals surface area contributed by atoms with Crippen molar-refractivity contribution < 1.29 is 13.2 Å². The molecule has 0 radical (unpaired) electrons. The van der Waals surface area contributed by atoms with Crippen molar-refractivity contribution in [1.29, 1.82) is 0 Å². The molecular weight excluding hydrogens is 327 g/mol. The molecule has 0 saturated heterocycles. The van der Waals surface area contributed by atoms with Crippen LogP contribution < -0.4 is 5.30 Å². The number of alkyl halides is 3. The third-order valence-electron chi connectivity index (χ3n) is 2.43. The van der Waals surface area contributed by atoms with Crippen LogP contribution in [0.1, 0.15) is 5.56 Å². The van der Waals surface area contributed by atoms with Gasteiger partial charge in [0.25, 0.3) is 0 Å². The molecule has 2 aromatic rings. The van der Waals surface area contributed by atoms with Crippen LogP contribution in [-0.4, -0.2) is 5.92 Å². The summed E-state index contributed by atoms with van der Waals surface area (Å²) in [6.07, 6.45) is 0. The quantitative estimate of drug-likeness (QED) is 0.568. The number of rotatable bonds is 1. The molecule has 0 fully saturated rings. The second-order valence-electron chi connectivity index (χ2n) is 4.09. The molecule has 0 unspecified atom stereocenters. The summed E-state index contributed by atoms with van der Waals surface area (Å²) in [4.78, 5) is 0. The van der Waals surface area contributed by atoms with Gasteiger partial charge in [0, 0.05) is 0 Å². The van der Waals surface area contributed by atoms with E-state index in [4.69, 9.17) is 22.5 Å². The Morgan fingerprint density at radius 3 is 1.50 bits per heavy atom. The van der Waals surface area contributed by atoms with Crippen molar-refractivity contribution >= 4 is 33.8 Å². The summed E-state index contributed by atoms with van der Waals surface area (Å²) in [5, 5.41) is -0.0363. The summed E-state index contributed by atoms with van der Waals surface area (Å²) in [5.74, 6) is -8.87. The molecule has 0 saturated carbocycles. The maximum absolute atomic E-state index is 12.3. The molecule has 0 amide bonds. The number of hydrogen-bond donors (Lipinski definition) is 0. The second-order valence-corrected chi connectivity index (χ2v) is 10.4. The molecule has 2 rings (SSSR count). The molecule has 2 aromatic carbocycles. The predicted octanol–water partition coefficient (Wildman–Crippen LogP) is 5.88. The van der Waals surface area contributed by atoms with Crippen molar-refractivity contribution in [2.75, 3.05) is 0 Å². The van der Waals surface area contributed by atoms with E-state index in [0.717, 1.165) is 0 Å². The van der Waals surface area contributed by atoms with Gasteiger partial charge >= 0.3 is 83.2 Å². The van der Waals surface area contributed by atoms with E-state index in [2.05, 4.69) is 19.1 Å². The van der Waals surface area contributed by atoms with E-state index in [-0.39, 0.29) is 5.30 Å². The molecular formula is C14H14Cl2F3P. The van der Waals surface area contributed by atoms with Gasteiger partial charge in [-0.25, -0.2) is 0 Å². The number of hydrogen-bond acceptors (Lipinski definition) is 0. The molecule has 0 N–H and O–H groups in total. The van der Waals surface area contributed by atoms with Crippen LogP contribution >= 0.6 is 28.4 Å². The van der Waals surface area contributed by atoms with Crippen LogP contribution in [0.4, 0.5) is 13.2 Å². The van der Waals surface area contributed by atoms with Gasteiger partial charge in [0.1, 0.15) is 0 Å². The molecule has 20 heavy (non-hydrogen) atoms. The minimum atomic E-state index is -4.53. The van der Waals surface area contributed by atoms with Crippen LogP contribution in [0.25, 0.3) is 0 Å². The van der Waals surface area contributed by atoms with E-state index in [1.807, 2.05) is 18.2 Å². The fourth-order valence-electron chi connectivity index (χ4n) is 1.35. The number of benzene rings is 2. The topological polar surface area (TPSA) is 0 Å². The summed E-state index contributed by atoms with van der Waals surface area (Å²) < 4.78 is 37.0. The van der Waals surface area contributed by atoms with E-state index < -0.39 is 11.9 Å². The van der Waals surface area contributed by atoms with Crippen molar-refractivity contribution in [3.8, 4) is 0 Å². The zero-order valence-corrected chi connectivity index (χ0v) is 13.2. The molecule has 0 aliphatic rings. The Bertz CT molecular complexity index is 513. The van der Waals surface area contributed by atoms with Gasteiger partial charge in [-0.1, -0.05) is 35.9 Å². The van der Waals surface area contributed by atoms with Crippen LogP contribution in [-0.2, 0) is 0 Å². The Kier molecular flexibility index (Phi) is 6.32. The third kappa shape index (κ3) is 4.97. The van der Waals surface area contributed by atoms with Gasteiger partial charge in [-0.05, 0) is 6.92 Å². The van der Waals surface area contributed by atoms with Crippen molar-refractivity contribution in [3.63, 3.8) is 0 Å². The molecule has 0 nitrogen and oxygen atoms in total. The van der Waals surface area contributed by atoms with Crippen LogP contribution in [0.5, 0.6) is 0 Å². The summed E-state index contributed by atoms with van der Waals surface area (Å²) in [5.41, 5.74) is 1.32. The van der Waals surface area contributed by atoms with Crippen molar-refractivity contribution in [2.24, 2.45) is 0 Å². The van der Waals surface area contributed by atoms with Crippen molar-refractivity contribution in [2.45, 2.75) is 12.8 Å². The fraction of sp³-hybridized carbons (Fsp3) is 0.143. The fourth-order valence-corrected chi connectivity index (χ4v) is 3.04. The molecule has 0 heterocycles. The average molecular weight is 341 g/mol. The zero-order valence-electron chi connectivity index (χ0n) is 10.7. The monoisotopic (exact) mass is 340 g/mol. The van der Waals surface area contributed by atoms with Gasteiger partial charge in [0.2, 0.25) is 0 Å². The first-order chi connectivity index (χ1) is 9.25. The summed E-state index contributed by atoms with van der Waals surface area (Å²) >= 11 is 10.6. The van der Waals surface area contributed by atoms with Gasteiger partial charge < -0.3 is 0 Å². The van der Waals surface area contributed by atoms with Gasteiger partial charge in [0.05, 0.1) is 0 Å². The Morgan fingerprint density at radius 1 is 0.800 bits per heavy atom. The number of aryl methyl sites for hydroxylation is 1. The summed E-state index contributed by atoms with van der Waals surface area (Å²) in [6.45, 7) is 2.08. The maximum atomic E-state index is 12.3. The molecule has 0 aliphatic heterocycles. The van der Waals surface area contributed by atoms with Gasteiger partial charge in [0.15, 0.2) is 0 Å². The van der Waals surface area contributed by atoms with Crippen molar-refractivity contribution in [3.05, 3.63) is 66.2 Å². The summed E-state index contributed by atoms with van der Waals surface area (Å²) in [7, 11) is 0. The van der Waals surface area contributed by atoms with Crippen LogP contribution in [0.3, 0.4) is 0 Å². The molecule has 0 spiro atoms. The zero-order chi connectivity index (χ0) is 15.2. The Morgan fingerprint density at radius 2 is 1.20 bits per heavy atom. The van der Waals surface area contributed by atoms with Crippen molar-refractivity contribution in [1.82, 2.24) is 0 Å². The van der Waals surface area contributed by atoms with E-state index >= 15 is 0 Å². The summed E-state index contributed by atoms with van der Waals surface area (Å²) in [6, 6.07) is 17.4. The normalized spacial score (nSPS) is 12.3. The van der Waals surface area contributed by atoms with Gasteiger partial charge in [-0.2, -0.15) is 0 Å². The molecule has 0 bridgehead atoms. The van der Waals surface area contributed by atoms with Gasteiger partial charge in [-0.15, -0.1) is 0 Å². The second kappa shape index (κ2) is 7.31. The van der Waals surface area contributed by atoms with Crippen LogP contribution in [0, 0.1) is 6.92 Å². The predicted molar refractivity (Wildman–Crippen MR) is 83.3 cm³/mol. The van der Waals surface area contributed by atoms with E-state index in [1.54, 1.807) is 6.07 Å². The Balaban J connectivity index is 0.000000240. The molecule has 0 aliphatic carbocycles. The van der Waals surface area contributed by atoms with Gasteiger partial charge in [-0.3, -0.25) is 0 Å².